The van der Waals surface area contributed by atoms with Crippen molar-refractivity contribution in [2.24, 2.45) is 0 Å². The molecule has 0 saturated heterocycles. The second kappa shape index (κ2) is 15.5. The van der Waals surface area contributed by atoms with Crippen molar-refractivity contribution in [2.75, 3.05) is 13.1 Å². The molecule has 0 radical (unpaired) electrons. The lowest BCUT2D eigenvalue weighted by Crippen LogP contribution is -2.44. The lowest BCUT2D eigenvalue weighted by Gasteiger charge is -2.34. The van der Waals surface area contributed by atoms with E-state index >= 15 is 0 Å². The molecule has 48 heavy (non-hydrogen) atoms. The van der Waals surface area contributed by atoms with Crippen molar-refractivity contribution in [2.45, 2.75) is 90.9 Å². The molecule has 2 aromatic heterocycles. The fourth-order valence-electron chi connectivity index (χ4n) is 6.98. The Morgan fingerprint density at radius 1 is 0.500 bits per heavy atom. The van der Waals surface area contributed by atoms with E-state index in [1.807, 2.05) is 24.3 Å². The minimum absolute atomic E-state index is 0.325. The van der Waals surface area contributed by atoms with Crippen LogP contribution < -0.4 is 0 Å². The summed E-state index contributed by atoms with van der Waals surface area (Å²) in [6.07, 6.45) is 12.4. The van der Waals surface area contributed by atoms with Crippen LogP contribution in [0.15, 0.2) is 44.0 Å². The van der Waals surface area contributed by atoms with Crippen LogP contribution in [0.4, 0.5) is 0 Å². The number of hydrogen-bond acceptors (Lipinski definition) is 6. The second-order valence-electron chi connectivity index (χ2n) is 12.7. The molecule has 4 amide bonds. The van der Waals surface area contributed by atoms with E-state index in [1.54, 1.807) is 12.1 Å². The van der Waals surface area contributed by atoms with Crippen molar-refractivity contribution in [3.63, 3.8) is 0 Å². The van der Waals surface area contributed by atoms with Gasteiger partial charge in [0.15, 0.2) is 0 Å². The Hall–Kier alpha value is -2.66. The molecule has 252 valence electrons. The largest absolute Gasteiger partial charge is 0.274 e. The van der Waals surface area contributed by atoms with E-state index in [0.717, 1.165) is 81.5 Å². The number of hydrogen-bond donors (Lipinski definition) is 0. The highest BCUT2D eigenvalue weighted by molar-refractivity contribution is 9.11. The number of imide groups is 2. The zero-order chi connectivity index (χ0) is 33.9. The van der Waals surface area contributed by atoms with Crippen molar-refractivity contribution < 1.29 is 19.2 Å². The molecule has 0 spiro atoms. The summed E-state index contributed by atoms with van der Waals surface area (Å²) in [5.41, 5.74) is 2.79. The first-order chi connectivity index (χ1) is 23.3. The standard InChI is InChI=1S/C38H40Br2N2O4S2/c1-3-5-7-9-11-13-19-41-35(43)25-21-24(28-16-18-30(40)48-28)34-32-26(36(44)42(38(34)46)20-14-12-10-8-6-4-2)22-23(27-15-17-29(39)47-27)33(31(25)32)37(41)45/h15-18,21-22H,3-14,19-20H2,1-2H3. The number of benzene rings is 2. The first kappa shape index (κ1) is 35.2. The van der Waals surface area contributed by atoms with Gasteiger partial charge >= 0.3 is 0 Å². The third kappa shape index (κ3) is 6.74. The number of nitrogens with zero attached hydrogens (tertiary/aromatic N) is 2. The average molecular weight is 813 g/mol. The lowest BCUT2D eigenvalue weighted by molar-refractivity contribution is 0.0587. The second-order valence-corrected chi connectivity index (χ2v) is 17.6. The van der Waals surface area contributed by atoms with Crippen LogP contribution in [0, 0.1) is 0 Å². The minimum Gasteiger partial charge on any atom is -0.274 e. The summed E-state index contributed by atoms with van der Waals surface area (Å²) < 4.78 is 1.79. The molecule has 0 unspecified atom stereocenters. The SMILES string of the molecule is CCCCCCCCN1C(=O)c2cc(-c3ccc(Br)s3)c3c4c(cc(-c5ccc(Br)s5)c(c24)C1=O)C(=O)N(CCCCCCCC)C3=O. The van der Waals surface area contributed by atoms with Crippen LogP contribution in [0.1, 0.15) is 132 Å². The van der Waals surface area contributed by atoms with Crippen molar-refractivity contribution in [3.8, 4) is 20.9 Å². The van der Waals surface area contributed by atoms with Crippen LogP contribution in [-0.4, -0.2) is 46.5 Å². The van der Waals surface area contributed by atoms with Gasteiger partial charge in [0.25, 0.3) is 23.6 Å². The first-order valence-corrected chi connectivity index (χ1v) is 20.4. The van der Waals surface area contributed by atoms with Gasteiger partial charge in [-0.1, -0.05) is 78.1 Å². The zero-order valence-electron chi connectivity index (χ0n) is 27.5. The number of halogens is 2. The van der Waals surface area contributed by atoms with E-state index in [2.05, 4.69) is 45.7 Å². The third-order valence-corrected chi connectivity index (χ3v) is 12.7. The van der Waals surface area contributed by atoms with E-state index in [4.69, 9.17) is 0 Å². The van der Waals surface area contributed by atoms with E-state index < -0.39 is 0 Å². The molecule has 0 atom stereocenters. The van der Waals surface area contributed by atoms with Crippen molar-refractivity contribution in [1.82, 2.24) is 9.80 Å². The van der Waals surface area contributed by atoms with E-state index in [9.17, 15) is 19.2 Å². The Morgan fingerprint density at radius 2 is 0.875 bits per heavy atom. The normalized spacial score (nSPS) is 14.2. The lowest BCUT2D eigenvalue weighted by atomic mass is 9.80. The molecule has 0 N–H and O–H groups in total. The summed E-state index contributed by atoms with van der Waals surface area (Å²) in [6, 6.07) is 11.3. The summed E-state index contributed by atoms with van der Waals surface area (Å²) in [5, 5.41) is 0.855. The predicted octanol–water partition coefficient (Wildman–Crippen LogP) is 11.7. The van der Waals surface area contributed by atoms with Crippen molar-refractivity contribution >= 4 is 88.9 Å². The molecule has 10 heteroatoms. The molecule has 4 aromatic rings. The number of unbranched alkanes of at least 4 members (excludes halogenated alkanes) is 10. The smallest absolute Gasteiger partial charge is 0.262 e. The number of carbonyl (C=O) groups excluding carboxylic acids is 4. The van der Waals surface area contributed by atoms with Crippen molar-refractivity contribution in [1.29, 1.82) is 0 Å². The molecule has 4 heterocycles. The minimum atomic E-state index is -0.366. The topological polar surface area (TPSA) is 74.8 Å². The Kier molecular flexibility index (Phi) is 11.3. The number of rotatable bonds is 16. The van der Waals surface area contributed by atoms with Gasteiger partial charge in [-0.25, -0.2) is 0 Å². The summed E-state index contributed by atoms with van der Waals surface area (Å²) in [6.45, 7) is 5.01. The zero-order valence-corrected chi connectivity index (χ0v) is 32.3. The Labute approximate surface area is 307 Å². The summed E-state index contributed by atoms with van der Waals surface area (Å²) in [5.74, 6) is -1.46. The maximum Gasteiger partial charge on any atom is 0.262 e. The first-order valence-electron chi connectivity index (χ1n) is 17.2. The highest BCUT2D eigenvalue weighted by Gasteiger charge is 2.43. The van der Waals surface area contributed by atoms with E-state index in [-0.39, 0.29) is 23.6 Å². The number of thiophene rings is 2. The molecule has 6 nitrogen and oxygen atoms in total. The van der Waals surface area contributed by atoms with Gasteiger partial charge in [0.2, 0.25) is 0 Å². The molecule has 2 aromatic carbocycles. The maximum atomic E-state index is 14.5. The molecule has 6 rings (SSSR count). The van der Waals surface area contributed by atoms with Gasteiger partial charge in [0.1, 0.15) is 0 Å². The highest BCUT2D eigenvalue weighted by atomic mass is 79.9. The van der Waals surface area contributed by atoms with Crippen LogP contribution in [0.3, 0.4) is 0 Å². The van der Waals surface area contributed by atoms with Crippen LogP contribution >= 0.6 is 54.5 Å². The molecule has 0 saturated carbocycles. The molecule has 0 aliphatic carbocycles. The molecular formula is C38H40Br2N2O4S2. The summed E-state index contributed by atoms with van der Waals surface area (Å²) >= 11 is 10.1. The van der Waals surface area contributed by atoms with Gasteiger partial charge in [-0.15, -0.1) is 22.7 Å². The number of amides is 4. The fraction of sp³-hybridized carbons (Fsp3) is 0.421. The average Bonchev–Trinajstić information content (AvgIpc) is 3.72. The van der Waals surface area contributed by atoms with Crippen LogP contribution in [0.25, 0.3) is 31.7 Å². The van der Waals surface area contributed by atoms with Gasteiger partial charge in [-0.2, -0.15) is 0 Å². The monoisotopic (exact) mass is 810 g/mol. The van der Waals surface area contributed by atoms with E-state index in [1.165, 1.54) is 45.3 Å². The summed E-state index contributed by atoms with van der Waals surface area (Å²) in [7, 11) is 0. The molecule has 2 aliphatic rings. The Morgan fingerprint density at radius 3 is 1.23 bits per heavy atom. The third-order valence-electron chi connectivity index (χ3n) is 9.42. The quantitative estimate of drug-likeness (QED) is 0.0834. The Balaban J connectivity index is 1.51. The van der Waals surface area contributed by atoms with Crippen LogP contribution in [0.2, 0.25) is 0 Å². The van der Waals surface area contributed by atoms with Gasteiger partial charge in [-0.3, -0.25) is 29.0 Å². The van der Waals surface area contributed by atoms with Gasteiger partial charge in [0.05, 0.1) is 18.7 Å². The van der Waals surface area contributed by atoms with Crippen LogP contribution in [0.5, 0.6) is 0 Å². The van der Waals surface area contributed by atoms with Crippen LogP contribution in [-0.2, 0) is 0 Å². The highest BCUT2D eigenvalue weighted by Crippen LogP contribution is 2.48. The predicted molar refractivity (Wildman–Crippen MR) is 203 cm³/mol. The van der Waals surface area contributed by atoms with E-state index in [0.29, 0.717) is 57.2 Å². The number of carbonyl (C=O) groups is 4. The molecular weight excluding hydrogens is 772 g/mol. The van der Waals surface area contributed by atoms with Gasteiger partial charge < -0.3 is 0 Å². The summed E-state index contributed by atoms with van der Waals surface area (Å²) in [4.78, 5) is 62.0. The van der Waals surface area contributed by atoms with Gasteiger partial charge in [-0.05, 0) is 81.1 Å². The fourth-order valence-corrected chi connectivity index (χ4v) is 9.79. The van der Waals surface area contributed by atoms with Crippen molar-refractivity contribution in [3.05, 3.63) is 66.2 Å². The maximum absolute atomic E-state index is 14.5. The molecule has 2 aliphatic heterocycles. The molecule has 0 bridgehead atoms. The van der Waals surface area contributed by atoms with Gasteiger partial charge in [0, 0.05) is 55.9 Å². The Bertz CT molecular complexity index is 1760. The molecule has 0 fully saturated rings.